The molecule has 0 fully saturated rings. The molecule has 16 heavy (non-hydrogen) atoms. The topological polar surface area (TPSA) is 33.6 Å². The van der Waals surface area contributed by atoms with E-state index in [0.717, 1.165) is 6.07 Å². The molecule has 1 N–H and O–H groups in total. The Morgan fingerprint density at radius 1 is 1.44 bits per heavy atom. The quantitative estimate of drug-likeness (QED) is 0.819. The third kappa shape index (κ3) is 2.01. The molecule has 3 nitrogen and oxygen atoms in total. The minimum absolute atomic E-state index is 0.189. The van der Waals surface area contributed by atoms with Crippen LogP contribution in [0.1, 0.15) is 11.4 Å². The van der Waals surface area contributed by atoms with Gasteiger partial charge in [-0.25, -0.2) is 13.8 Å². The van der Waals surface area contributed by atoms with E-state index in [1.807, 2.05) is 0 Å². The van der Waals surface area contributed by atoms with Crippen LogP contribution in [0.15, 0.2) is 18.2 Å². The summed E-state index contributed by atoms with van der Waals surface area (Å²) in [6.45, 7) is 0. The van der Waals surface area contributed by atoms with Crippen LogP contribution in [0.3, 0.4) is 0 Å². The van der Waals surface area contributed by atoms with Crippen molar-refractivity contribution in [1.29, 1.82) is 0 Å². The molecule has 1 aromatic heterocycles. The van der Waals surface area contributed by atoms with Gasteiger partial charge >= 0.3 is 0 Å². The van der Waals surface area contributed by atoms with Gasteiger partial charge in [-0.2, -0.15) is 0 Å². The molecule has 0 atom stereocenters. The highest BCUT2D eigenvalue weighted by atomic mass is 32.1. The lowest BCUT2D eigenvalue weighted by molar-refractivity contribution is 0.500. The van der Waals surface area contributed by atoms with E-state index in [2.05, 4.69) is 10.1 Å². The Bertz CT molecular complexity index is 574. The van der Waals surface area contributed by atoms with Crippen molar-refractivity contribution in [2.45, 2.75) is 6.42 Å². The molecule has 2 rings (SSSR count). The average Bonchev–Trinajstić information content (AvgIpc) is 2.54. The van der Waals surface area contributed by atoms with Crippen LogP contribution in [0, 0.1) is 16.4 Å². The summed E-state index contributed by atoms with van der Waals surface area (Å²) in [6, 6.07) is 4.06. The van der Waals surface area contributed by atoms with E-state index in [9.17, 15) is 8.78 Å². The lowest BCUT2D eigenvalue weighted by atomic mass is 10.1. The van der Waals surface area contributed by atoms with Crippen LogP contribution in [0.4, 0.5) is 8.78 Å². The Labute approximate surface area is 95.7 Å². The molecule has 0 spiro atoms. The fourth-order valence-electron chi connectivity index (χ4n) is 1.40. The fourth-order valence-corrected chi connectivity index (χ4v) is 1.56. The maximum Gasteiger partial charge on any atom is 0.215 e. The third-order valence-electron chi connectivity index (χ3n) is 2.20. The molecular weight excluding hydrogens is 232 g/mol. The second kappa shape index (κ2) is 4.13. The fraction of sp³-hybridized carbons (Fsp3) is 0.200. The molecule has 0 unspecified atom stereocenters. The minimum atomic E-state index is -0.855. The van der Waals surface area contributed by atoms with E-state index >= 15 is 0 Å². The van der Waals surface area contributed by atoms with Crippen molar-refractivity contribution in [2.24, 2.45) is 7.05 Å². The number of halogens is 2. The van der Waals surface area contributed by atoms with Gasteiger partial charge in [-0.1, -0.05) is 12.1 Å². The molecule has 1 heterocycles. The second-order valence-corrected chi connectivity index (χ2v) is 3.77. The van der Waals surface area contributed by atoms with Crippen LogP contribution in [-0.4, -0.2) is 14.8 Å². The summed E-state index contributed by atoms with van der Waals surface area (Å²) in [5.41, 5.74) is 0.254. The van der Waals surface area contributed by atoms with Crippen molar-refractivity contribution in [3.05, 3.63) is 46.0 Å². The van der Waals surface area contributed by atoms with Crippen molar-refractivity contribution in [2.75, 3.05) is 0 Å². The summed E-state index contributed by atoms with van der Waals surface area (Å²) in [4.78, 5) is 4.01. The van der Waals surface area contributed by atoms with Crippen LogP contribution in [0.25, 0.3) is 0 Å². The van der Waals surface area contributed by atoms with Gasteiger partial charge in [-0.15, -0.1) is 0 Å². The van der Waals surface area contributed by atoms with E-state index in [1.165, 1.54) is 12.1 Å². The molecule has 2 aromatic rings. The second-order valence-electron chi connectivity index (χ2n) is 3.40. The highest BCUT2D eigenvalue weighted by Crippen LogP contribution is 2.13. The zero-order valence-corrected chi connectivity index (χ0v) is 9.31. The first kappa shape index (κ1) is 10.9. The van der Waals surface area contributed by atoms with Crippen molar-refractivity contribution >= 4 is 12.2 Å². The lowest BCUT2D eigenvalue weighted by Gasteiger charge is -2.00. The number of H-pyrrole nitrogens is 1. The van der Waals surface area contributed by atoms with Crippen LogP contribution in [-0.2, 0) is 13.5 Å². The molecule has 0 saturated carbocycles. The van der Waals surface area contributed by atoms with Crippen molar-refractivity contribution in [3.8, 4) is 0 Å². The highest BCUT2D eigenvalue weighted by Gasteiger charge is 2.09. The number of rotatable bonds is 2. The van der Waals surface area contributed by atoms with Gasteiger partial charge in [-0.05, 0) is 23.8 Å². The normalized spacial score (nSPS) is 10.7. The number of nitrogens with one attached hydrogen (secondary N) is 1. The number of aromatic amines is 1. The van der Waals surface area contributed by atoms with Crippen molar-refractivity contribution in [3.63, 3.8) is 0 Å². The third-order valence-corrected chi connectivity index (χ3v) is 2.57. The predicted octanol–water partition coefficient (Wildman–Crippen LogP) is 2.35. The molecule has 0 aliphatic carbocycles. The number of aryl methyl sites for hydroxylation is 1. The summed E-state index contributed by atoms with van der Waals surface area (Å²) in [5.74, 6) is -1.18. The molecule has 0 aliphatic heterocycles. The van der Waals surface area contributed by atoms with E-state index in [-0.39, 0.29) is 12.0 Å². The Morgan fingerprint density at radius 3 is 2.81 bits per heavy atom. The van der Waals surface area contributed by atoms with E-state index in [4.69, 9.17) is 12.2 Å². The first-order chi connectivity index (χ1) is 7.58. The molecular formula is C10H9F2N3S. The SMILES string of the molecule is Cn1[nH]c(Cc2cccc(F)c2F)nc1=S. The summed E-state index contributed by atoms with van der Waals surface area (Å²) in [5, 5.41) is 2.85. The van der Waals surface area contributed by atoms with Gasteiger partial charge in [0.05, 0.1) is 0 Å². The Balaban J connectivity index is 2.34. The molecule has 6 heteroatoms. The lowest BCUT2D eigenvalue weighted by Crippen LogP contribution is -1.98. The van der Waals surface area contributed by atoms with Crippen molar-refractivity contribution < 1.29 is 8.78 Å². The zero-order valence-electron chi connectivity index (χ0n) is 8.50. The van der Waals surface area contributed by atoms with Gasteiger partial charge in [0, 0.05) is 13.5 Å². The number of nitrogens with zero attached hydrogens (tertiary/aromatic N) is 2. The Morgan fingerprint density at radius 2 is 2.19 bits per heavy atom. The van der Waals surface area contributed by atoms with Gasteiger partial charge in [0.15, 0.2) is 11.6 Å². The largest absolute Gasteiger partial charge is 0.283 e. The maximum absolute atomic E-state index is 13.3. The van der Waals surface area contributed by atoms with Gasteiger partial charge in [0.1, 0.15) is 5.82 Å². The van der Waals surface area contributed by atoms with Crippen LogP contribution >= 0.6 is 12.2 Å². The first-order valence-corrected chi connectivity index (χ1v) is 5.03. The molecule has 0 saturated heterocycles. The predicted molar refractivity (Wildman–Crippen MR) is 57.6 cm³/mol. The van der Waals surface area contributed by atoms with Gasteiger partial charge in [0.2, 0.25) is 4.77 Å². The van der Waals surface area contributed by atoms with Gasteiger partial charge in [0.25, 0.3) is 0 Å². The van der Waals surface area contributed by atoms with Crippen LogP contribution in [0.2, 0.25) is 0 Å². The van der Waals surface area contributed by atoms with Gasteiger partial charge < -0.3 is 0 Å². The monoisotopic (exact) mass is 241 g/mol. The summed E-state index contributed by atoms with van der Waals surface area (Å²) < 4.78 is 28.2. The van der Waals surface area contributed by atoms with E-state index < -0.39 is 11.6 Å². The number of hydrogen-bond acceptors (Lipinski definition) is 2. The van der Waals surface area contributed by atoms with Crippen LogP contribution in [0.5, 0.6) is 0 Å². The Hall–Kier alpha value is -1.56. The highest BCUT2D eigenvalue weighted by molar-refractivity contribution is 7.71. The molecule has 0 bridgehead atoms. The minimum Gasteiger partial charge on any atom is -0.283 e. The Kier molecular flexibility index (Phi) is 2.82. The smallest absolute Gasteiger partial charge is 0.215 e. The van der Waals surface area contributed by atoms with E-state index in [0.29, 0.717) is 10.6 Å². The molecule has 1 aromatic carbocycles. The molecule has 0 amide bonds. The molecule has 0 radical (unpaired) electrons. The van der Waals surface area contributed by atoms with Crippen molar-refractivity contribution in [1.82, 2.24) is 14.8 Å². The standard InChI is InChI=1S/C10H9F2N3S/c1-15-10(16)13-8(14-15)5-6-3-2-4-7(11)9(6)12/h2-4H,5H2,1H3,(H,13,14,16). The maximum atomic E-state index is 13.3. The molecule has 0 aliphatic rings. The van der Waals surface area contributed by atoms with E-state index in [1.54, 1.807) is 11.7 Å². The zero-order chi connectivity index (χ0) is 11.7. The van der Waals surface area contributed by atoms with Crippen LogP contribution < -0.4 is 0 Å². The summed E-state index contributed by atoms with van der Waals surface area (Å²) >= 11 is 4.90. The first-order valence-electron chi connectivity index (χ1n) is 4.62. The summed E-state index contributed by atoms with van der Waals surface area (Å²) in [7, 11) is 1.71. The number of benzene rings is 1. The number of hydrogen-bond donors (Lipinski definition) is 1. The number of aromatic nitrogens is 3. The summed E-state index contributed by atoms with van der Waals surface area (Å²) in [6.07, 6.45) is 0.189. The molecule has 84 valence electrons. The van der Waals surface area contributed by atoms with Gasteiger partial charge in [-0.3, -0.25) is 9.78 Å². The average molecular weight is 241 g/mol.